The van der Waals surface area contributed by atoms with Crippen LogP contribution in [0, 0.1) is 5.92 Å². The maximum atomic E-state index is 6.21. The summed E-state index contributed by atoms with van der Waals surface area (Å²) in [6.07, 6.45) is 16.9. The summed E-state index contributed by atoms with van der Waals surface area (Å²) >= 11 is 0. The van der Waals surface area contributed by atoms with Gasteiger partial charge in [-0.25, -0.2) is 0 Å². The van der Waals surface area contributed by atoms with Gasteiger partial charge in [-0.3, -0.25) is 0 Å². The monoisotopic (exact) mass is 342 g/mol. The lowest BCUT2D eigenvalue weighted by Crippen LogP contribution is -2.43. The Balaban J connectivity index is 4.37. The molecule has 0 bridgehead atoms. The predicted molar refractivity (Wildman–Crippen MR) is 107 cm³/mol. The van der Waals surface area contributed by atoms with Crippen molar-refractivity contribution in [2.75, 3.05) is 13.2 Å². The molecule has 2 heteroatoms. The molecule has 0 aromatic rings. The number of ether oxygens (including phenoxy) is 2. The zero-order valence-corrected chi connectivity index (χ0v) is 17.5. The van der Waals surface area contributed by atoms with E-state index in [2.05, 4.69) is 34.6 Å². The highest BCUT2D eigenvalue weighted by atomic mass is 16.7. The van der Waals surface area contributed by atoms with Gasteiger partial charge in [-0.1, -0.05) is 85.0 Å². The molecule has 146 valence electrons. The Morgan fingerprint density at radius 3 is 1.58 bits per heavy atom. The summed E-state index contributed by atoms with van der Waals surface area (Å²) < 4.78 is 12.4. The van der Waals surface area contributed by atoms with E-state index in [1.165, 1.54) is 77.0 Å². The van der Waals surface area contributed by atoms with Crippen molar-refractivity contribution in [3.8, 4) is 0 Å². The second-order valence-electron chi connectivity index (χ2n) is 7.30. The molecule has 0 radical (unpaired) electrons. The van der Waals surface area contributed by atoms with Gasteiger partial charge >= 0.3 is 0 Å². The van der Waals surface area contributed by atoms with Crippen LogP contribution in [0.2, 0.25) is 0 Å². The Bertz CT molecular complexity index is 246. The van der Waals surface area contributed by atoms with E-state index in [-0.39, 0.29) is 5.79 Å². The molecule has 0 spiro atoms. The molecule has 0 saturated carbocycles. The zero-order chi connectivity index (χ0) is 18.1. The summed E-state index contributed by atoms with van der Waals surface area (Å²) in [5.41, 5.74) is 0. The zero-order valence-electron chi connectivity index (χ0n) is 17.5. The maximum absolute atomic E-state index is 6.21. The van der Waals surface area contributed by atoms with Crippen LogP contribution in [0.5, 0.6) is 0 Å². The van der Waals surface area contributed by atoms with Crippen molar-refractivity contribution in [2.24, 2.45) is 5.92 Å². The largest absolute Gasteiger partial charge is 0.350 e. The van der Waals surface area contributed by atoms with Gasteiger partial charge in [0, 0.05) is 25.6 Å². The lowest BCUT2D eigenvalue weighted by atomic mass is 9.89. The second-order valence-corrected chi connectivity index (χ2v) is 7.30. The van der Waals surface area contributed by atoms with E-state index in [9.17, 15) is 0 Å². The van der Waals surface area contributed by atoms with Crippen molar-refractivity contribution in [3.63, 3.8) is 0 Å². The van der Waals surface area contributed by atoms with E-state index in [0.29, 0.717) is 5.92 Å². The van der Waals surface area contributed by atoms with Gasteiger partial charge in [0.1, 0.15) is 0 Å². The van der Waals surface area contributed by atoms with E-state index >= 15 is 0 Å². The quantitative estimate of drug-likeness (QED) is 0.189. The molecule has 0 heterocycles. The Hall–Kier alpha value is -0.0800. The summed E-state index contributed by atoms with van der Waals surface area (Å²) in [5.74, 6) is 0.133. The smallest absolute Gasteiger partial charge is 0.170 e. The molecule has 0 N–H and O–H groups in total. The molecule has 2 nitrogen and oxygen atoms in total. The molecule has 0 saturated heterocycles. The van der Waals surface area contributed by atoms with E-state index in [0.717, 1.165) is 19.6 Å². The van der Waals surface area contributed by atoms with Gasteiger partial charge < -0.3 is 9.47 Å². The van der Waals surface area contributed by atoms with Gasteiger partial charge in [0.25, 0.3) is 0 Å². The maximum Gasteiger partial charge on any atom is 0.170 e. The van der Waals surface area contributed by atoms with Gasteiger partial charge in [-0.05, 0) is 26.7 Å². The highest BCUT2D eigenvalue weighted by Gasteiger charge is 2.36. The Morgan fingerprint density at radius 1 is 0.625 bits per heavy atom. The molecule has 1 unspecified atom stereocenters. The van der Waals surface area contributed by atoms with Crippen molar-refractivity contribution in [1.29, 1.82) is 0 Å². The third kappa shape index (κ3) is 10.7. The van der Waals surface area contributed by atoms with Crippen molar-refractivity contribution in [3.05, 3.63) is 0 Å². The van der Waals surface area contributed by atoms with Gasteiger partial charge in [-0.15, -0.1) is 0 Å². The fraction of sp³-hybridized carbons (Fsp3) is 1.00. The Labute approximate surface area is 153 Å². The van der Waals surface area contributed by atoms with Crippen LogP contribution < -0.4 is 0 Å². The first kappa shape index (κ1) is 23.9. The van der Waals surface area contributed by atoms with Crippen molar-refractivity contribution < 1.29 is 9.47 Å². The van der Waals surface area contributed by atoms with Gasteiger partial charge in [-0.2, -0.15) is 0 Å². The third-order valence-electron chi connectivity index (χ3n) is 5.15. The molecular weight excluding hydrogens is 296 g/mol. The van der Waals surface area contributed by atoms with Gasteiger partial charge in [0.05, 0.1) is 0 Å². The standard InChI is InChI=1S/C22H46O2/c1-6-10-12-14-15-17-19-21(5)22(23-8-3,24-9-4)20-18-16-13-11-7-2/h21H,6-20H2,1-5H3. The number of hydrogen-bond donors (Lipinski definition) is 0. The van der Waals surface area contributed by atoms with E-state index in [4.69, 9.17) is 9.47 Å². The van der Waals surface area contributed by atoms with Crippen LogP contribution >= 0.6 is 0 Å². The van der Waals surface area contributed by atoms with Crippen LogP contribution in [0.3, 0.4) is 0 Å². The minimum Gasteiger partial charge on any atom is -0.350 e. The molecule has 0 fully saturated rings. The normalized spacial score (nSPS) is 13.4. The van der Waals surface area contributed by atoms with Crippen LogP contribution in [0.25, 0.3) is 0 Å². The molecule has 1 atom stereocenters. The number of rotatable bonds is 18. The molecule has 0 amide bonds. The van der Waals surface area contributed by atoms with Gasteiger partial charge in [0.2, 0.25) is 0 Å². The van der Waals surface area contributed by atoms with Crippen molar-refractivity contribution in [1.82, 2.24) is 0 Å². The highest BCUT2D eigenvalue weighted by Crippen LogP contribution is 2.33. The van der Waals surface area contributed by atoms with Crippen LogP contribution in [0.4, 0.5) is 0 Å². The molecule has 0 aliphatic carbocycles. The average Bonchev–Trinajstić information content (AvgIpc) is 2.57. The molecule has 24 heavy (non-hydrogen) atoms. The molecule has 0 aliphatic heterocycles. The van der Waals surface area contributed by atoms with Crippen LogP contribution in [0.1, 0.15) is 118 Å². The topological polar surface area (TPSA) is 18.5 Å². The fourth-order valence-electron chi connectivity index (χ4n) is 3.63. The third-order valence-corrected chi connectivity index (χ3v) is 5.15. The first-order valence-corrected chi connectivity index (χ1v) is 10.9. The molecular formula is C22H46O2. The average molecular weight is 343 g/mol. The highest BCUT2D eigenvalue weighted by molar-refractivity contribution is 4.77. The van der Waals surface area contributed by atoms with E-state index in [1.54, 1.807) is 0 Å². The van der Waals surface area contributed by atoms with Crippen LogP contribution in [0.15, 0.2) is 0 Å². The summed E-state index contributed by atoms with van der Waals surface area (Å²) in [7, 11) is 0. The SMILES string of the molecule is CCCCCCCCC(C)C(CCCCCCC)(OCC)OCC. The molecule has 0 aliphatic rings. The molecule has 0 rings (SSSR count). The summed E-state index contributed by atoms with van der Waals surface area (Å²) in [4.78, 5) is 0. The predicted octanol–water partition coefficient (Wildman–Crippen LogP) is 7.50. The second kappa shape index (κ2) is 16.4. The first-order chi connectivity index (χ1) is 11.7. The van der Waals surface area contributed by atoms with Gasteiger partial charge in [0.15, 0.2) is 5.79 Å². The summed E-state index contributed by atoms with van der Waals surface area (Å²) in [5, 5.41) is 0. The van der Waals surface area contributed by atoms with E-state index in [1.807, 2.05) is 0 Å². The first-order valence-electron chi connectivity index (χ1n) is 10.9. The fourth-order valence-corrected chi connectivity index (χ4v) is 3.63. The Kier molecular flexibility index (Phi) is 16.3. The van der Waals surface area contributed by atoms with Crippen molar-refractivity contribution in [2.45, 2.75) is 124 Å². The minimum atomic E-state index is -0.348. The lowest BCUT2D eigenvalue weighted by Gasteiger charge is -2.39. The van der Waals surface area contributed by atoms with Crippen LogP contribution in [-0.4, -0.2) is 19.0 Å². The lowest BCUT2D eigenvalue weighted by molar-refractivity contribution is -0.266. The van der Waals surface area contributed by atoms with E-state index < -0.39 is 0 Å². The Morgan fingerprint density at radius 2 is 1.08 bits per heavy atom. The minimum absolute atomic E-state index is 0.348. The number of hydrogen-bond acceptors (Lipinski definition) is 2. The summed E-state index contributed by atoms with van der Waals surface area (Å²) in [6.45, 7) is 12.6. The summed E-state index contributed by atoms with van der Waals surface area (Å²) in [6, 6.07) is 0. The molecule has 0 aromatic carbocycles. The number of unbranched alkanes of at least 4 members (excludes halogenated alkanes) is 9. The van der Waals surface area contributed by atoms with Crippen molar-refractivity contribution >= 4 is 0 Å². The molecule has 0 aromatic heterocycles. The van der Waals surface area contributed by atoms with Crippen LogP contribution in [-0.2, 0) is 9.47 Å².